The summed E-state index contributed by atoms with van der Waals surface area (Å²) in [5.74, 6) is -2.06. The summed E-state index contributed by atoms with van der Waals surface area (Å²) in [6.07, 6.45) is 5.77. The number of amides is 1. The molecule has 158 valence electrons. The second-order valence-corrected chi connectivity index (χ2v) is 7.56. The fourth-order valence-corrected chi connectivity index (χ4v) is 3.81. The van der Waals surface area contributed by atoms with Crippen LogP contribution in [0.5, 0.6) is 0 Å². The molecule has 1 N–H and O–H groups in total. The Balaban J connectivity index is 1.72. The van der Waals surface area contributed by atoms with Gasteiger partial charge in [-0.25, -0.2) is 9.37 Å². The van der Waals surface area contributed by atoms with Crippen LogP contribution in [-0.4, -0.2) is 37.8 Å². The van der Waals surface area contributed by atoms with Crippen molar-refractivity contribution in [2.75, 3.05) is 6.54 Å². The number of aliphatic hydroxyl groups excluding tert-OH is 1. The quantitative estimate of drug-likeness (QED) is 0.374. The van der Waals surface area contributed by atoms with Gasteiger partial charge in [-0.05, 0) is 31.0 Å². The second-order valence-electron chi connectivity index (χ2n) is 7.56. The minimum atomic E-state index is -0.787. The lowest BCUT2D eigenvalue weighted by Crippen LogP contribution is -2.31. The maximum absolute atomic E-state index is 13.5. The van der Waals surface area contributed by atoms with Gasteiger partial charge >= 0.3 is 0 Å². The van der Waals surface area contributed by atoms with E-state index in [0.717, 1.165) is 5.56 Å². The molecule has 31 heavy (non-hydrogen) atoms. The van der Waals surface area contributed by atoms with Gasteiger partial charge in [0.25, 0.3) is 11.7 Å². The summed E-state index contributed by atoms with van der Waals surface area (Å²) < 4.78 is 15.4. The zero-order valence-electron chi connectivity index (χ0n) is 17.0. The van der Waals surface area contributed by atoms with Gasteiger partial charge in [0.05, 0.1) is 17.9 Å². The number of hydrogen-bond acceptors (Lipinski definition) is 4. The maximum atomic E-state index is 13.5. The fourth-order valence-electron chi connectivity index (χ4n) is 3.81. The van der Waals surface area contributed by atoms with Crippen molar-refractivity contribution < 1.29 is 19.1 Å². The van der Waals surface area contributed by atoms with Crippen LogP contribution in [0.1, 0.15) is 29.2 Å². The van der Waals surface area contributed by atoms with Gasteiger partial charge in [-0.1, -0.05) is 42.0 Å². The van der Waals surface area contributed by atoms with Crippen LogP contribution in [0.25, 0.3) is 5.76 Å². The molecule has 2 aromatic carbocycles. The molecule has 3 aromatic rings. The molecule has 1 saturated heterocycles. The van der Waals surface area contributed by atoms with E-state index in [9.17, 15) is 19.1 Å². The van der Waals surface area contributed by atoms with Crippen LogP contribution < -0.4 is 0 Å². The number of nitrogens with zero attached hydrogens (tertiary/aromatic N) is 3. The normalized spacial score (nSPS) is 18.0. The first kappa shape index (κ1) is 20.5. The zero-order valence-corrected chi connectivity index (χ0v) is 17.0. The van der Waals surface area contributed by atoms with Crippen molar-refractivity contribution >= 4 is 17.4 Å². The van der Waals surface area contributed by atoms with E-state index in [1.807, 2.05) is 29.8 Å². The average molecular weight is 419 g/mol. The highest BCUT2D eigenvalue weighted by molar-refractivity contribution is 6.46. The number of hydrogen-bond donors (Lipinski definition) is 1. The molecule has 0 aliphatic carbocycles. The van der Waals surface area contributed by atoms with Crippen molar-refractivity contribution in [2.24, 2.45) is 0 Å². The monoisotopic (exact) mass is 419 g/mol. The summed E-state index contributed by atoms with van der Waals surface area (Å²) >= 11 is 0. The molecule has 4 rings (SSSR count). The number of carbonyl (C=O) groups excluding carboxylic acids is 2. The molecule has 0 saturated carbocycles. The lowest BCUT2D eigenvalue weighted by Gasteiger charge is -2.25. The van der Waals surface area contributed by atoms with Gasteiger partial charge in [0.15, 0.2) is 0 Å². The van der Waals surface area contributed by atoms with Crippen LogP contribution in [0.3, 0.4) is 0 Å². The molecule has 1 unspecified atom stereocenters. The van der Waals surface area contributed by atoms with Crippen LogP contribution in [-0.2, 0) is 16.1 Å². The smallest absolute Gasteiger partial charge is 0.295 e. The number of imidazole rings is 1. The van der Waals surface area contributed by atoms with E-state index in [0.29, 0.717) is 30.6 Å². The predicted molar refractivity (Wildman–Crippen MR) is 113 cm³/mol. The van der Waals surface area contributed by atoms with E-state index >= 15 is 0 Å². The average Bonchev–Trinajstić information content (AvgIpc) is 3.37. The Bertz CT molecular complexity index is 1120. The van der Waals surface area contributed by atoms with E-state index in [1.165, 1.54) is 29.2 Å². The van der Waals surface area contributed by atoms with Crippen LogP contribution >= 0.6 is 0 Å². The summed E-state index contributed by atoms with van der Waals surface area (Å²) in [5.41, 5.74) is 2.04. The molecule has 0 spiro atoms. The first-order valence-electron chi connectivity index (χ1n) is 10.0. The Hall–Kier alpha value is -3.74. The minimum Gasteiger partial charge on any atom is -0.507 e. The number of benzene rings is 2. The Labute approximate surface area is 179 Å². The van der Waals surface area contributed by atoms with Crippen LogP contribution in [0.15, 0.2) is 72.8 Å². The number of aliphatic hydroxyl groups is 1. The molecule has 7 heteroatoms. The first-order chi connectivity index (χ1) is 15.0. The van der Waals surface area contributed by atoms with Gasteiger partial charge in [0.1, 0.15) is 11.6 Å². The van der Waals surface area contributed by atoms with Crippen LogP contribution in [0.4, 0.5) is 4.39 Å². The van der Waals surface area contributed by atoms with Crippen molar-refractivity contribution in [3.05, 3.63) is 95.3 Å². The fraction of sp³-hybridized carbons (Fsp3) is 0.208. The van der Waals surface area contributed by atoms with Crippen molar-refractivity contribution in [1.82, 2.24) is 14.5 Å². The molecule has 0 radical (unpaired) electrons. The molecule has 2 heterocycles. The molecule has 1 aliphatic heterocycles. The number of ketones is 1. The Kier molecular flexibility index (Phi) is 5.66. The topological polar surface area (TPSA) is 75.4 Å². The van der Waals surface area contributed by atoms with Gasteiger partial charge in [-0.15, -0.1) is 0 Å². The first-order valence-corrected chi connectivity index (χ1v) is 10.0. The lowest BCUT2D eigenvalue weighted by atomic mass is 9.95. The molecule has 1 fully saturated rings. The third-order valence-electron chi connectivity index (χ3n) is 5.43. The number of Topliss-reactive ketones (excluding diaryl/α,β-unsaturated/α-hetero) is 1. The molecule has 1 aliphatic rings. The number of halogens is 1. The van der Waals surface area contributed by atoms with E-state index in [-0.39, 0.29) is 11.3 Å². The summed E-state index contributed by atoms with van der Waals surface area (Å²) in [7, 11) is 0. The molecule has 1 amide bonds. The molecule has 1 aromatic heterocycles. The summed E-state index contributed by atoms with van der Waals surface area (Å²) in [6.45, 7) is 2.84. The second kappa shape index (κ2) is 8.55. The van der Waals surface area contributed by atoms with E-state index in [2.05, 4.69) is 4.98 Å². The molecule has 1 atom stereocenters. The van der Waals surface area contributed by atoms with E-state index in [1.54, 1.807) is 24.7 Å². The largest absolute Gasteiger partial charge is 0.507 e. The standard InChI is InChI=1S/C24H22FN3O3/c1-16-3-5-18(6-4-16)22(29)20-21(17-7-9-19(25)10-8-17)28(24(31)23(20)30)13-2-12-27-14-11-26-15-27/h3-11,14-15,21,29H,2,12-13H2,1H3/b22-20+. The van der Waals surface area contributed by atoms with Crippen molar-refractivity contribution in [3.8, 4) is 0 Å². The Morgan fingerprint density at radius 1 is 1.06 bits per heavy atom. The Morgan fingerprint density at radius 2 is 1.77 bits per heavy atom. The molecule has 0 bridgehead atoms. The maximum Gasteiger partial charge on any atom is 0.295 e. The van der Waals surface area contributed by atoms with Crippen LogP contribution in [0, 0.1) is 12.7 Å². The third kappa shape index (κ3) is 4.12. The highest BCUT2D eigenvalue weighted by Gasteiger charge is 2.45. The van der Waals surface area contributed by atoms with E-state index in [4.69, 9.17) is 0 Å². The predicted octanol–water partition coefficient (Wildman–Crippen LogP) is 3.84. The molecular weight excluding hydrogens is 397 g/mol. The van der Waals surface area contributed by atoms with Gasteiger partial charge in [0.2, 0.25) is 0 Å². The number of likely N-dealkylation sites (tertiary alicyclic amines) is 1. The van der Waals surface area contributed by atoms with Crippen molar-refractivity contribution in [3.63, 3.8) is 0 Å². The van der Waals surface area contributed by atoms with E-state index < -0.39 is 23.5 Å². The molecule has 6 nitrogen and oxygen atoms in total. The van der Waals surface area contributed by atoms with Crippen molar-refractivity contribution in [2.45, 2.75) is 25.9 Å². The van der Waals surface area contributed by atoms with Crippen molar-refractivity contribution in [1.29, 1.82) is 0 Å². The van der Waals surface area contributed by atoms with Gasteiger partial charge in [-0.2, -0.15) is 0 Å². The summed E-state index contributed by atoms with van der Waals surface area (Å²) in [5, 5.41) is 11.0. The van der Waals surface area contributed by atoms with Gasteiger partial charge in [-0.3, -0.25) is 9.59 Å². The number of rotatable bonds is 6. The minimum absolute atomic E-state index is 0.0168. The van der Waals surface area contributed by atoms with Crippen LogP contribution in [0.2, 0.25) is 0 Å². The highest BCUT2D eigenvalue weighted by Crippen LogP contribution is 2.39. The number of carbonyl (C=O) groups is 2. The lowest BCUT2D eigenvalue weighted by molar-refractivity contribution is -0.139. The third-order valence-corrected chi connectivity index (χ3v) is 5.43. The van der Waals surface area contributed by atoms with Gasteiger partial charge < -0.3 is 14.6 Å². The van der Waals surface area contributed by atoms with Gasteiger partial charge in [0, 0.05) is 31.0 Å². The highest BCUT2D eigenvalue weighted by atomic mass is 19.1. The zero-order chi connectivity index (χ0) is 22.0. The summed E-state index contributed by atoms with van der Waals surface area (Å²) in [6, 6.07) is 11.9. The molecular formula is C24H22FN3O3. The Morgan fingerprint density at radius 3 is 2.42 bits per heavy atom. The SMILES string of the molecule is Cc1ccc(/C(O)=C2\C(=O)C(=O)N(CCCn3ccnc3)C2c2ccc(F)cc2)cc1. The summed E-state index contributed by atoms with van der Waals surface area (Å²) in [4.78, 5) is 31.3. The number of aromatic nitrogens is 2. The number of aryl methyl sites for hydroxylation is 2.